The van der Waals surface area contributed by atoms with E-state index < -0.39 is 5.97 Å². The highest BCUT2D eigenvalue weighted by atomic mass is 32.1. The standard InChI is InChI=1S/C13H12N4O2S/c1-8(12-14-3-4-20-12)19-13(18)9-5-10-11(15-6-9)17(2)7-16-10/h3-8H,1-2H3. The SMILES string of the molecule is CC(OC(=O)c1cnc2c(c1)ncn2C)c1nccs1. The van der Waals surface area contributed by atoms with Gasteiger partial charge < -0.3 is 9.30 Å². The number of carbonyl (C=O) groups is 1. The Morgan fingerprint density at radius 3 is 3.00 bits per heavy atom. The maximum Gasteiger partial charge on any atom is 0.340 e. The first-order valence-electron chi connectivity index (χ1n) is 6.02. The highest BCUT2D eigenvalue weighted by molar-refractivity contribution is 7.09. The van der Waals surface area contributed by atoms with Crippen molar-refractivity contribution in [3.63, 3.8) is 0 Å². The van der Waals surface area contributed by atoms with Crippen LogP contribution in [0.4, 0.5) is 0 Å². The van der Waals surface area contributed by atoms with Crippen LogP contribution in [0, 0.1) is 0 Å². The average Bonchev–Trinajstić information content (AvgIpc) is 3.08. The van der Waals surface area contributed by atoms with E-state index in [1.807, 2.05) is 12.4 Å². The zero-order chi connectivity index (χ0) is 14.1. The van der Waals surface area contributed by atoms with Gasteiger partial charge in [-0.3, -0.25) is 0 Å². The van der Waals surface area contributed by atoms with Gasteiger partial charge in [-0.1, -0.05) is 0 Å². The van der Waals surface area contributed by atoms with Crippen molar-refractivity contribution in [2.75, 3.05) is 0 Å². The van der Waals surface area contributed by atoms with Crippen molar-refractivity contribution < 1.29 is 9.53 Å². The van der Waals surface area contributed by atoms with Crippen molar-refractivity contribution >= 4 is 28.5 Å². The number of thiazole rings is 1. The van der Waals surface area contributed by atoms with Crippen LogP contribution in [0.3, 0.4) is 0 Å². The normalized spacial score (nSPS) is 12.5. The minimum Gasteiger partial charge on any atom is -0.452 e. The number of pyridine rings is 1. The van der Waals surface area contributed by atoms with Gasteiger partial charge in [-0.25, -0.2) is 19.7 Å². The molecule has 1 unspecified atom stereocenters. The average molecular weight is 288 g/mol. The van der Waals surface area contributed by atoms with E-state index in [1.165, 1.54) is 17.5 Å². The molecule has 0 aromatic carbocycles. The summed E-state index contributed by atoms with van der Waals surface area (Å²) in [6.45, 7) is 1.80. The fraction of sp³-hybridized carbons (Fsp3) is 0.231. The molecule has 0 N–H and O–H groups in total. The molecule has 0 aliphatic carbocycles. The monoisotopic (exact) mass is 288 g/mol. The number of aromatic nitrogens is 4. The third kappa shape index (κ3) is 2.27. The number of esters is 1. The second-order valence-corrected chi connectivity index (χ2v) is 5.27. The van der Waals surface area contributed by atoms with Crippen LogP contribution >= 0.6 is 11.3 Å². The molecule has 0 spiro atoms. The maximum atomic E-state index is 12.1. The van der Waals surface area contributed by atoms with E-state index in [2.05, 4.69) is 15.0 Å². The zero-order valence-corrected chi connectivity index (χ0v) is 11.8. The Labute approximate surface area is 119 Å². The first-order chi connectivity index (χ1) is 9.65. The van der Waals surface area contributed by atoms with Crippen LogP contribution in [-0.4, -0.2) is 25.5 Å². The summed E-state index contributed by atoms with van der Waals surface area (Å²) in [5, 5.41) is 2.62. The Kier molecular flexibility index (Phi) is 3.19. The predicted octanol–water partition coefficient (Wildman–Crippen LogP) is 2.34. The summed E-state index contributed by atoms with van der Waals surface area (Å²) in [7, 11) is 1.85. The Hall–Kier alpha value is -2.28. The van der Waals surface area contributed by atoms with Gasteiger partial charge in [-0.2, -0.15) is 0 Å². The van der Waals surface area contributed by atoms with Crippen LogP contribution in [0.1, 0.15) is 28.4 Å². The number of ether oxygens (including phenoxy) is 1. The van der Waals surface area contributed by atoms with Gasteiger partial charge in [0.05, 0.1) is 11.9 Å². The van der Waals surface area contributed by atoms with Crippen molar-refractivity contribution in [1.82, 2.24) is 19.5 Å². The van der Waals surface area contributed by atoms with E-state index in [0.29, 0.717) is 11.1 Å². The lowest BCUT2D eigenvalue weighted by molar-refractivity contribution is 0.0337. The van der Waals surface area contributed by atoms with E-state index in [-0.39, 0.29) is 6.10 Å². The zero-order valence-electron chi connectivity index (χ0n) is 11.0. The van der Waals surface area contributed by atoms with Gasteiger partial charge in [0.2, 0.25) is 0 Å². The number of nitrogens with zero attached hydrogens (tertiary/aromatic N) is 4. The van der Waals surface area contributed by atoms with Crippen molar-refractivity contribution in [3.05, 3.63) is 40.7 Å². The fourth-order valence-corrected chi connectivity index (χ4v) is 2.46. The first kappa shape index (κ1) is 12.7. The van der Waals surface area contributed by atoms with E-state index in [1.54, 1.807) is 30.1 Å². The highest BCUT2D eigenvalue weighted by Gasteiger charge is 2.16. The van der Waals surface area contributed by atoms with Gasteiger partial charge in [0.25, 0.3) is 0 Å². The third-order valence-electron chi connectivity index (χ3n) is 2.87. The van der Waals surface area contributed by atoms with Gasteiger partial charge in [0.1, 0.15) is 10.5 Å². The fourth-order valence-electron chi connectivity index (χ4n) is 1.84. The van der Waals surface area contributed by atoms with Crippen LogP contribution < -0.4 is 0 Å². The molecule has 0 aliphatic heterocycles. The molecule has 3 aromatic heterocycles. The van der Waals surface area contributed by atoms with Crippen LogP contribution in [0.15, 0.2) is 30.2 Å². The molecule has 0 fully saturated rings. The maximum absolute atomic E-state index is 12.1. The van der Waals surface area contributed by atoms with Crippen LogP contribution in [0.5, 0.6) is 0 Å². The van der Waals surface area contributed by atoms with E-state index in [0.717, 1.165) is 10.7 Å². The Morgan fingerprint density at radius 2 is 2.25 bits per heavy atom. The van der Waals surface area contributed by atoms with Crippen LogP contribution in [0.25, 0.3) is 11.2 Å². The van der Waals surface area contributed by atoms with Crippen molar-refractivity contribution in [1.29, 1.82) is 0 Å². The highest BCUT2D eigenvalue weighted by Crippen LogP contribution is 2.21. The number of hydrogen-bond donors (Lipinski definition) is 0. The molecule has 0 saturated carbocycles. The van der Waals surface area contributed by atoms with Crippen LogP contribution in [0.2, 0.25) is 0 Å². The minimum atomic E-state index is -0.423. The molecular formula is C13H12N4O2S. The number of imidazole rings is 1. The largest absolute Gasteiger partial charge is 0.452 e. The molecular weight excluding hydrogens is 276 g/mol. The van der Waals surface area contributed by atoms with Gasteiger partial charge in [0, 0.05) is 24.8 Å². The lowest BCUT2D eigenvalue weighted by Crippen LogP contribution is -2.09. The molecule has 20 heavy (non-hydrogen) atoms. The Balaban J connectivity index is 1.81. The molecule has 0 saturated heterocycles. The van der Waals surface area contributed by atoms with Gasteiger partial charge in [-0.15, -0.1) is 11.3 Å². The summed E-state index contributed by atoms with van der Waals surface area (Å²) in [5.74, 6) is -0.423. The summed E-state index contributed by atoms with van der Waals surface area (Å²) in [6.07, 6.45) is 4.47. The number of carbonyl (C=O) groups excluding carboxylic acids is 1. The lowest BCUT2D eigenvalue weighted by atomic mass is 10.2. The molecule has 7 heteroatoms. The quantitative estimate of drug-likeness (QED) is 0.692. The molecule has 3 heterocycles. The summed E-state index contributed by atoms with van der Waals surface area (Å²) in [5.41, 5.74) is 1.79. The number of fused-ring (bicyclic) bond motifs is 1. The molecule has 3 rings (SSSR count). The minimum absolute atomic E-state index is 0.373. The van der Waals surface area contributed by atoms with Crippen molar-refractivity contribution in [2.24, 2.45) is 7.05 Å². The van der Waals surface area contributed by atoms with Crippen molar-refractivity contribution in [2.45, 2.75) is 13.0 Å². The number of aryl methyl sites for hydroxylation is 1. The van der Waals surface area contributed by atoms with E-state index >= 15 is 0 Å². The summed E-state index contributed by atoms with van der Waals surface area (Å²) < 4.78 is 7.17. The summed E-state index contributed by atoms with van der Waals surface area (Å²) >= 11 is 1.45. The van der Waals surface area contributed by atoms with E-state index in [9.17, 15) is 4.79 Å². The van der Waals surface area contributed by atoms with Gasteiger partial charge in [-0.05, 0) is 13.0 Å². The van der Waals surface area contributed by atoms with Crippen LogP contribution in [-0.2, 0) is 11.8 Å². The van der Waals surface area contributed by atoms with Gasteiger partial charge >= 0.3 is 5.97 Å². The Morgan fingerprint density at radius 1 is 1.40 bits per heavy atom. The smallest absolute Gasteiger partial charge is 0.340 e. The second-order valence-electron chi connectivity index (χ2n) is 4.34. The molecule has 1 atom stereocenters. The van der Waals surface area contributed by atoms with Crippen molar-refractivity contribution in [3.8, 4) is 0 Å². The predicted molar refractivity (Wildman–Crippen MR) is 74.5 cm³/mol. The Bertz CT molecular complexity index is 751. The molecule has 0 radical (unpaired) electrons. The van der Waals surface area contributed by atoms with E-state index in [4.69, 9.17) is 4.74 Å². The third-order valence-corrected chi connectivity index (χ3v) is 3.81. The molecule has 6 nitrogen and oxygen atoms in total. The van der Waals surface area contributed by atoms with Gasteiger partial charge in [0.15, 0.2) is 11.8 Å². The topological polar surface area (TPSA) is 69.9 Å². The molecule has 3 aromatic rings. The lowest BCUT2D eigenvalue weighted by Gasteiger charge is -2.10. The second kappa shape index (κ2) is 5.01. The number of rotatable bonds is 3. The summed E-state index contributed by atoms with van der Waals surface area (Å²) in [6, 6.07) is 1.68. The molecule has 0 amide bonds. The summed E-state index contributed by atoms with van der Waals surface area (Å²) in [4.78, 5) is 24.6. The molecule has 0 bridgehead atoms. The molecule has 0 aliphatic rings. The molecule has 102 valence electrons. The first-order valence-corrected chi connectivity index (χ1v) is 6.90. The number of hydrogen-bond acceptors (Lipinski definition) is 6.